The third-order valence-corrected chi connectivity index (χ3v) is 14.5. The van der Waals surface area contributed by atoms with E-state index in [1.807, 2.05) is 30.3 Å². The molecule has 6 aromatic heterocycles. The molecule has 9 heterocycles. The van der Waals surface area contributed by atoms with Gasteiger partial charge in [-0.2, -0.15) is 0 Å². The van der Waals surface area contributed by atoms with E-state index in [9.17, 15) is 28.8 Å². The Kier molecular flexibility index (Phi) is 22.4. The second kappa shape index (κ2) is 32.3. The lowest BCUT2D eigenvalue weighted by Gasteiger charge is -2.30. The fourth-order valence-electron chi connectivity index (χ4n) is 9.88. The molecule has 0 unspecified atom stereocenters. The quantitative estimate of drug-likeness (QED) is 0.0388. The van der Waals surface area contributed by atoms with Crippen molar-refractivity contribution in [2.75, 3.05) is 146 Å². The van der Waals surface area contributed by atoms with Crippen LogP contribution in [0, 0.1) is 0 Å². The Balaban J connectivity index is 0.000000154. The van der Waals surface area contributed by atoms with Gasteiger partial charge in [-0.1, -0.05) is 24.3 Å². The van der Waals surface area contributed by atoms with Crippen LogP contribution in [0.4, 0.5) is 56.4 Å². The monoisotopic (exact) mass is 1280 g/mol. The summed E-state index contributed by atoms with van der Waals surface area (Å²) in [4.78, 5) is 106. The van der Waals surface area contributed by atoms with Crippen LogP contribution in [0.1, 0.15) is 58.5 Å². The molecule has 3 saturated heterocycles. The number of benzene rings is 3. The van der Waals surface area contributed by atoms with Gasteiger partial charge in [0.25, 0.3) is 23.6 Å². The molecule has 12 rings (SSSR count). The van der Waals surface area contributed by atoms with E-state index in [4.69, 9.17) is 27.5 Å². The van der Waals surface area contributed by atoms with Crippen molar-refractivity contribution in [1.82, 2.24) is 45.9 Å². The predicted molar refractivity (Wildman–Crippen MR) is 349 cm³/mol. The van der Waals surface area contributed by atoms with Gasteiger partial charge in [0.05, 0.1) is 92.6 Å². The van der Waals surface area contributed by atoms with Crippen LogP contribution in [0.25, 0.3) is 0 Å². The van der Waals surface area contributed by atoms with Gasteiger partial charge in [0.15, 0.2) is 5.76 Å². The number of piperazine rings is 3. The van der Waals surface area contributed by atoms with Crippen LogP contribution < -0.4 is 76.8 Å². The van der Waals surface area contributed by atoms with Crippen LogP contribution in [0.3, 0.4) is 0 Å². The molecule has 6 amide bonds. The van der Waals surface area contributed by atoms with Gasteiger partial charge in [0.1, 0.15) is 17.2 Å². The number of amides is 6. The maximum Gasteiger partial charge on any atom is 0.326 e. The number of pyridine rings is 3. The molecule has 30 nitrogen and oxygen atoms in total. The first-order valence-corrected chi connectivity index (χ1v) is 29.7. The highest BCUT2D eigenvalue weighted by molar-refractivity contribution is 6.07. The molecule has 0 spiro atoms. The number of hydrogen-bond acceptors (Lipinski definition) is 24. The molecule has 0 atom stereocenters. The summed E-state index contributed by atoms with van der Waals surface area (Å²) < 4.78 is 31.7. The molecule has 0 aliphatic carbocycles. The first-order valence-electron chi connectivity index (χ1n) is 29.7. The summed E-state index contributed by atoms with van der Waals surface area (Å²) in [5.41, 5.74) is 6.03. The normalized spacial score (nSPS) is 13.5. The highest BCUT2D eigenvalue weighted by atomic mass is 16.5. The molecular formula is C64H68N18O12. The Morgan fingerprint density at radius 3 is 1.36 bits per heavy atom. The van der Waals surface area contributed by atoms with Gasteiger partial charge in [-0.05, 0) is 66.2 Å². The molecule has 0 saturated carbocycles. The average Bonchev–Trinajstić information content (AvgIpc) is 1.38. The maximum atomic E-state index is 12.7. The SMILES string of the molecule is COc1cccc(C(=O)Nc2cnc(C(=O)Nc3cnccc3N3CCNCC3)o2)c1.COc1cccc(CC(=O)c2cnc(C(=O)Nc3cnccc3N3CCNCC3)o2)c1.COc1cccc(NC(=O)Nc2cnc(C(=O)Nc3cnccc3N3CCNCC3)o2)c1. The zero-order valence-electron chi connectivity index (χ0n) is 51.5. The van der Waals surface area contributed by atoms with Crippen molar-refractivity contribution >= 4 is 87.0 Å². The van der Waals surface area contributed by atoms with Crippen LogP contribution in [0.2, 0.25) is 0 Å². The van der Waals surface area contributed by atoms with Crippen molar-refractivity contribution in [2.24, 2.45) is 0 Å². The number of nitrogens with one attached hydrogen (secondary N) is 9. The summed E-state index contributed by atoms with van der Waals surface area (Å²) in [6.07, 6.45) is 13.8. The third kappa shape index (κ3) is 17.8. The van der Waals surface area contributed by atoms with Crippen molar-refractivity contribution in [3.63, 3.8) is 0 Å². The molecule has 9 aromatic rings. The van der Waals surface area contributed by atoms with E-state index in [0.29, 0.717) is 45.6 Å². The number of urea groups is 1. The van der Waals surface area contributed by atoms with Gasteiger partial charge in [-0.15, -0.1) is 0 Å². The Morgan fingerprint density at radius 2 is 0.872 bits per heavy atom. The fourth-order valence-corrected chi connectivity index (χ4v) is 9.88. The molecule has 486 valence electrons. The maximum absolute atomic E-state index is 12.7. The second-order valence-corrected chi connectivity index (χ2v) is 20.8. The minimum absolute atomic E-state index is 0.0292. The van der Waals surface area contributed by atoms with E-state index in [-0.39, 0.29) is 47.4 Å². The van der Waals surface area contributed by atoms with Crippen LogP contribution in [-0.4, -0.2) is 165 Å². The molecule has 3 aliphatic heterocycles. The third-order valence-electron chi connectivity index (χ3n) is 14.5. The lowest BCUT2D eigenvalue weighted by molar-refractivity contribution is 0.0947. The number of methoxy groups -OCH3 is 3. The number of ketones is 1. The van der Waals surface area contributed by atoms with Gasteiger partial charge in [0, 0.05) is 121 Å². The van der Waals surface area contributed by atoms with E-state index in [0.717, 1.165) is 101 Å². The first kappa shape index (κ1) is 65.2. The van der Waals surface area contributed by atoms with Crippen LogP contribution in [0.15, 0.2) is 160 Å². The summed E-state index contributed by atoms with van der Waals surface area (Å²) >= 11 is 0. The number of carbonyl (C=O) groups excluding carboxylic acids is 6. The first-order chi connectivity index (χ1) is 45.9. The predicted octanol–water partition coefficient (Wildman–Crippen LogP) is 6.54. The van der Waals surface area contributed by atoms with Gasteiger partial charge < -0.3 is 79.4 Å². The van der Waals surface area contributed by atoms with Crippen molar-refractivity contribution in [3.8, 4) is 17.2 Å². The Morgan fingerprint density at radius 1 is 0.447 bits per heavy atom. The van der Waals surface area contributed by atoms with Crippen LogP contribution in [-0.2, 0) is 6.42 Å². The van der Waals surface area contributed by atoms with Crippen LogP contribution >= 0.6 is 0 Å². The lowest BCUT2D eigenvalue weighted by atomic mass is 10.1. The number of aromatic nitrogens is 6. The largest absolute Gasteiger partial charge is 0.497 e. The molecule has 94 heavy (non-hydrogen) atoms. The number of anilines is 9. The van der Waals surface area contributed by atoms with Crippen molar-refractivity contribution < 1.29 is 56.2 Å². The van der Waals surface area contributed by atoms with Crippen molar-refractivity contribution in [1.29, 1.82) is 0 Å². The fraction of sp³-hybridized carbons (Fsp3) is 0.250. The number of nitrogens with zero attached hydrogens (tertiary/aromatic N) is 9. The van der Waals surface area contributed by atoms with Crippen LogP contribution in [0.5, 0.6) is 17.2 Å². The van der Waals surface area contributed by atoms with E-state index in [2.05, 4.69) is 92.5 Å². The number of carbonyl (C=O) groups is 6. The summed E-state index contributed by atoms with van der Waals surface area (Å²) in [7, 11) is 4.63. The molecule has 0 radical (unpaired) electrons. The van der Waals surface area contributed by atoms with Crippen molar-refractivity contribution in [3.05, 3.63) is 181 Å². The Hall–Kier alpha value is -11.8. The molecule has 30 heteroatoms. The average molecular weight is 1280 g/mol. The number of hydrogen-bond donors (Lipinski definition) is 9. The van der Waals surface area contributed by atoms with E-state index in [1.54, 1.807) is 112 Å². The minimum atomic E-state index is -0.547. The molecule has 0 bridgehead atoms. The van der Waals surface area contributed by atoms with Gasteiger partial charge in [-0.25, -0.2) is 19.7 Å². The minimum Gasteiger partial charge on any atom is -0.497 e. The molecule has 9 N–H and O–H groups in total. The molecule has 3 fully saturated rings. The summed E-state index contributed by atoms with van der Waals surface area (Å²) in [6, 6.07) is 25.8. The number of oxazole rings is 3. The second-order valence-electron chi connectivity index (χ2n) is 20.8. The zero-order chi connectivity index (χ0) is 65.6. The van der Waals surface area contributed by atoms with Crippen molar-refractivity contribution in [2.45, 2.75) is 6.42 Å². The number of rotatable bonds is 19. The van der Waals surface area contributed by atoms with E-state index in [1.165, 1.54) is 25.7 Å². The molecular weight excluding hydrogens is 1210 g/mol. The standard InChI is InChI=1S/C22H23N5O4.C21H23N7O4.C21H22N6O4/c1-30-16-4-2-3-15(11-16)12-19(28)20-14-25-22(31-20)21(29)26-17-13-24-6-5-18(17)27-9-7-23-8-10-27;1-31-15-4-2-3-14(11-15)25-21(30)27-18-13-24-20(32-18)19(29)26-16-12-23-6-5-17(16)28-9-7-22-8-10-28;1-30-15-4-2-3-14(11-15)19(28)26-18-13-24-21(31-18)20(29)25-16-12-23-6-5-17(16)27-9-7-22-8-10-27/h2-6,11,13-14,23H,7-10,12H2,1H3,(H,26,29);2-6,11-13,22H,7-10H2,1H3,(H,26,29)(H2,25,27,30);2-6,11-13,22H,7-10H2,1H3,(H,25,29)(H,26,28). The molecule has 3 aliphatic rings. The van der Waals surface area contributed by atoms with Gasteiger partial charge >= 0.3 is 23.8 Å². The molecule has 3 aromatic carbocycles. The highest BCUT2D eigenvalue weighted by Gasteiger charge is 2.25. The smallest absolute Gasteiger partial charge is 0.326 e. The summed E-state index contributed by atoms with van der Waals surface area (Å²) in [5, 5.41) is 26.0. The zero-order valence-corrected chi connectivity index (χ0v) is 51.5. The summed E-state index contributed by atoms with van der Waals surface area (Å²) in [5.74, 6) is -0.877. The number of Topliss-reactive ketones (excluding diaryl/α,β-unsaturated/α-hetero) is 1. The van der Waals surface area contributed by atoms with E-state index >= 15 is 0 Å². The van der Waals surface area contributed by atoms with Gasteiger partial charge in [0.2, 0.25) is 17.6 Å². The number of ether oxygens (including phenoxy) is 3. The Labute approximate surface area is 538 Å². The lowest BCUT2D eigenvalue weighted by Crippen LogP contribution is -2.43. The topological polar surface area (TPSA) is 365 Å². The van der Waals surface area contributed by atoms with E-state index < -0.39 is 29.7 Å². The Bertz CT molecular complexity index is 4060. The summed E-state index contributed by atoms with van der Waals surface area (Å²) in [6.45, 7) is 10.2. The highest BCUT2D eigenvalue weighted by Crippen LogP contribution is 2.29. The van der Waals surface area contributed by atoms with Gasteiger partial charge in [-0.3, -0.25) is 49.6 Å².